The first-order valence-corrected chi connectivity index (χ1v) is 8.94. The minimum atomic E-state index is 0.138. The SMILES string of the molecule is O=C(COCCc1ccccc1)N1CCC(NCC2CC2)CC1. The largest absolute Gasteiger partial charge is 0.371 e. The molecule has 1 aliphatic carbocycles. The predicted molar refractivity (Wildman–Crippen MR) is 91.3 cm³/mol. The zero-order chi connectivity index (χ0) is 15.9. The van der Waals surface area contributed by atoms with Gasteiger partial charge in [0.05, 0.1) is 6.61 Å². The van der Waals surface area contributed by atoms with Crippen LogP contribution in [0.1, 0.15) is 31.2 Å². The lowest BCUT2D eigenvalue weighted by molar-refractivity contribution is -0.137. The molecule has 0 spiro atoms. The molecule has 3 rings (SSSR count). The van der Waals surface area contributed by atoms with E-state index in [-0.39, 0.29) is 12.5 Å². The van der Waals surface area contributed by atoms with Crippen LogP contribution in [-0.4, -0.2) is 49.7 Å². The average Bonchev–Trinajstić information content (AvgIpc) is 3.42. The molecule has 1 saturated heterocycles. The number of ether oxygens (including phenoxy) is 1. The van der Waals surface area contributed by atoms with Crippen molar-refractivity contribution in [3.05, 3.63) is 35.9 Å². The molecule has 4 heteroatoms. The number of piperidine rings is 1. The number of carbonyl (C=O) groups is 1. The maximum absolute atomic E-state index is 12.2. The van der Waals surface area contributed by atoms with Gasteiger partial charge in [0.25, 0.3) is 0 Å². The fourth-order valence-electron chi connectivity index (χ4n) is 3.07. The van der Waals surface area contributed by atoms with Gasteiger partial charge in [-0.2, -0.15) is 0 Å². The molecule has 1 heterocycles. The summed E-state index contributed by atoms with van der Waals surface area (Å²) in [7, 11) is 0. The molecule has 0 aromatic heterocycles. The number of hydrogen-bond donors (Lipinski definition) is 1. The van der Waals surface area contributed by atoms with Gasteiger partial charge in [0.15, 0.2) is 0 Å². The van der Waals surface area contributed by atoms with E-state index in [0.29, 0.717) is 12.6 Å². The van der Waals surface area contributed by atoms with Crippen molar-refractivity contribution in [2.75, 3.05) is 32.8 Å². The van der Waals surface area contributed by atoms with E-state index in [1.165, 1.54) is 24.9 Å². The Hall–Kier alpha value is -1.39. The number of hydrogen-bond acceptors (Lipinski definition) is 3. The molecule has 1 aromatic rings. The molecule has 1 aromatic carbocycles. The van der Waals surface area contributed by atoms with E-state index in [9.17, 15) is 4.79 Å². The van der Waals surface area contributed by atoms with Crippen molar-refractivity contribution in [2.45, 2.75) is 38.1 Å². The van der Waals surface area contributed by atoms with Crippen molar-refractivity contribution < 1.29 is 9.53 Å². The third-order valence-corrected chi connectivity index (χ3v) is 4.84. The average molecular weight is 316 g/mol. The molecule has 1 aliphatic heterocycles. The van der Waals surface area contributed by atoms with Crippen LogP contribution in [0, 0.1) is 5.92 Å². The highest BCUT2D eigenvalue weighted by Gasteiger charge is 2.25. The van der Waals surface area contributed by atoms with E-state index in [2.05, 4.69) is 17.4 Å². The van der Waals surface area contributed by atoms with E-state index >= 15 is 0 Å². The van der Waals surface area contributed by atoms with Crippen molar-refractivity contribution in [1.29, 1.82) is 0 Å². The van der Waals surface area contributed by atoms with Crippen molar-refractivity contribution in [2.24, 2.45) is 5.92 Å². The maximum atomic E-state index is 12.2. The quantitative estimate of drug-likeness (QED) is 0.748. The topological polar surface area (TPSA) is 41.6 Å². The molecule has 0 radical (unpaired) electrons. The lowest BCUT2D eigenvalue weighted by Crippen LogP contribution is -2.46. The first kappa shape index (κ1) is 16.5. The number of benzene rings is 1. The lowest BCUT2D eigenvalue weighted by Gasteiger charge is -2.32. The Morgan fingerprint density at radius 1 is 1.13 bits per heavy atom. The molecular formula is C19H28N2O2. The van der Waals surface area contributed by atoms with Crippen LogP contribution in [-0.2, 0) is 16.0 Å². The predicted octanol–water partition coefficient (Wildman–Crippen LogP) is 2.24. The summed E-state index contributed by atoms with van der Waals surface area (Å²) in [5.41, 5.74) is 1.25. The Kier molecular flexibility index (Phi) is 6.06. The Morgan fingerprint density at radius 2 is 1.87 bits per heavy atom. The summed E-state index contributed by atoms with van der Waals surface area (Å²) in [5.74, 6) is 1.06. The summed E-state index contributed by atoms with van der Waals surface area (Å²) in [6.45, 7) is 3.72. The molecule has 2 fully saturated rings. The van der Waals surface area contributed by atoms with Crippen LogP contribution >= 0.6 is 0 Å². The molecule has 1 N–H and O–H groups in total. The number of likely N-dealkylation sites (tertiary alicyclic amines) is 1. The molecule has 23 heavy (non-hydrogen) atoms. The van der Waals surface area contributed by atoms with Gasteiger partial charge in [-0.25, -0.2) is 0 Å². The van der Waals surface area contributed by atoms with Crippen LogP contribution in [0.3, 0.4) is 0 Å². The van der Waals surface area contributed by atoms with Crippen molar-refractivity contribution >= 4 is 5.91 Å². The first-order valence-electron chi connectivity index (χ1n) is 8.94. The number of amides is 1. The third kappa shape index (κ3) is 5.63. The Morgan fingerprint density at radius 3 is 2.57 bits per heavy atom. The van der Waals surface area contributed by atoms with E-state index in [1.807, 2.05) is 23.1 Å². The van der Waals surface area contributed by atoms with Crippen LogP contribution in [0.4, 0.5) is 0 Å². The molecular weight excluding hydrogens is 288 g/mol. The summed E-state index contributed by atoms with van der Waals surface area (Å²) >= 11 is 0. The normalized spacial score (nSPS) is 19.0. The van der Waals surface area contributed by atoms with Gasteiger partial charge in [-0.1, -0.05) is 30.3 Å². The minimum absolute atomic E-state index is 0.138. The first-order chi connectivity index (χ1) is 11.3. The van der Waals surface area contributed by atoms with Crippen LogP contribution in [0.15, 0.2) is 30.3 Å². The maximum Gasteiger partial charge on any atom is 0.248 e. The molecule has 1 saturated carbocycles. The highest BCUT2D eigenvalue weighted by Crippen LogP contribution is 2.28. The number of nitrogens with zero attached hydrogens (tertiary/aromatic N) is 1. The van der Waals surface area contributed by atoms with Crippen LogP contribution in [0.2, 0.25) is 0 Å². The third-order valence-electron chi connectivity index (χ3n) is 4.84. The van der Waals surface area contributed by atoms with Crippen molar-refractivity contribution in [3.63, 3.8) is 0 Å². The lowest BCUT2D eigenvalue weighted by atomic mass is 10.0. The van der Waals surface area contributed by atoms with Crippen molar-refractivity contribution in [1.82, 2.24) is 10.2 Å². The van der Waals surface area contributed by atoms with Crippen LogP contribution in [0.25, 0.3) is 0 Å². The second-order valence-electron chi connectivity index (χ2n) is 6.79. The highest BCUT2D eigenvalue weighted by atomic mass is 16.5. The number of carbonyl (C=O) groups excluding carboxylic acids is 1. The summed E-state index contributed by atoms with van der Waals surface area (Å²) in [6.07, 6.45) is 5.79. The highest BCUT2D eigenvalue weighted by molar-refractivity contribution is 5.77. The molecule has 0 atom stereocenters. The zero-order valence-electron chi connectivity index (χ0n) is 13.9. The number of rotatable bonds is 8. The molecule has 4 nitrogen and oxygen atoms in total. The monoisotopic (exact) mass is 316 g/mol. The summed E-state index contributed by atoms with van der Waals surface area (Å²) < 4.78 is 5.56. The zero-order valence-corrected chi connectivity index (χ0v) is 13.9. The summed E-state index contributed by atoms with van der Waals surface area (Å²) in [6, 6.07) is 10.8. The standard InChI is InChI=1S/C19H28N2O2/c22-19(15-23-13-10-16-4-2-1-3-5-16)21-11-8-18(9-12-21)20-14-17-6-7-17/h1-5,17-18,20H,6-15H2. The van der Waals surface area contributed by atoms with E-state index in [1.54, 1.807) is 0 Å². The van der Waals surface area contributed by atoms with Crippen LogP contribution < -0.4 is 5.32 Å². The Bertz CT molecular complexity index is 479. The molecule has 126 valence electrons. The Labute approximate surface area is 139 Å². The van der Waals surface area contributed by atoms with Gasteiger partial charge in [-0.05, 0) is 50.1 Å². The van der Waals surface area contributed by atoms with Gasteiger partial charge < -0.3 is 15.0 Å². The summed E-state index contributed by atoms with van der Waals surface area (Å²) in [5, 5.41) is 3.64. The second-order valence-corrected chi connectivity index (χ2v) is 6.79. The minimum Gasteiger partial charge on any atom is -0.371 e. The fourth-order valence-corrected chi connectivity index (χ4v) is 3.07. The van der Waals surface area contributed by atoms with Gasteiger partial charge in [0.2, 0.25) is 5.91 Å². The van der Waals surface area contributed by atoms with E-state index in [4.69, 9.17) is 4.74 Å². The van der Waals surface area contributed by atoms with Gasteiger partial charge >= 0.3 is 0 Å². The summed E-state index contributed by atoms with van der Waals surface area (Å²) in [4.78, 5) is 14.1. The van der Waals surface area contributed by atoms with Gasteiger partial charge in [0, 0.05) is 19.1 Å². The smallest absolute Gasteiger partial charge is 0.248 e. The second kappa shape index (κ2) is 8.46. The molecule has 0 bridgehead atoms. The van der Waals surface area contributed by atoms with Crippen LogP contribution in [0.5, 0.6) is 0 Å². The van der Waals surface area contributed by atoms with Gasteiger partial charge in [-0.3, -0.25) is 4.79 Å². The van der Waals surface area contributed by atoms with E-state index < -0.39 is 0 Å². The van der Waals surface area contributed by atoms with E-state index in [0.717, 1.165) is 38.3 Å². The fraction of sp³-hybridized carbons (Fsp3) is 0.632. The Balaban J connectivity index is 1.27. The van der Waals surface area contributed by atoms with Gasteiger partial charge in [0.1, 0.15) is 6.61 Å². The molecule has 0 unspecified atom stereocenters. The molecule has 2 aliphatic rings. The van der Waals surface area contributed by atoms with Gasteiger partial charge in [-0.15, -0.1) is 0 Å². The van der Waals surface area contributed by atoms with Crippen molar-refractivity contribution in [3.8, 4) is 0 Å². The molecule has 1 amide bonds. The number of nitrogens with one attached hydrogen (secondary N) is 1.